The van der Waals surface area contributed by atoms with E-state index in [1.165, 1.54) is 0 Å². The van der Waals surface area contributed by atoms with E-state index in [0.717, 1.165) is 32.1 Å². The van der Waals surface area contributed by atoms with Crippen molar-refractivity contribution in [1.29, 1.82) is 0 Å². The number of carbonyl (C=O) groups is 3. The highest BCUT2D eigenvalue weighted by Gasteiger charge is 2.60. The van der Waals surface area contributed by atoms with Crippen molar-refractivity contribution < 1.29 is 19.1 Å². The quantitative estimate of drug-likeness (QED) is 0.653. The summed E-state index contributed by atoms with van der Waals surface area (Å²) in [6.07, 6.45) is 4.87. The van der Waals surface area contributed by atoms with Gasteiger partial charge in [-0.1, -0.05) is 6.92 Å². The minimum Gasteiger partial charge on any atom is -0.444 e. The molecular formula is C21H33NO4. The average molecular weight is 363 g/mol. The molecule has 0 N–H and O–H groups in total. The molecule has 3 aliphatic rings. The summed E-state index contributed by atoms with van der Waals surface area (Å²) in [5, 5.41) is 0. The van der Waals surface area contributed by atoms with E-state index in [4.69, 9.17) is 4.74 Å². The first-order valence-corrected chi connectivity index (χ1v) is 10.2. The summed E-state index contributed by atoms with van der Waals surface area (Å²) in [5.74, 6) is 1.05. The van der Waals surface area contributed by atoms with Crippen molar-refractivity contribution in [3.63, 3.8) is 0 Å². The van der Waals surface area contributed by atoms with E-state index in [1.807, 2.05) is 20.8 Å². The van der Waals surface area contributed by atoms with Gasteiger partial charge in [-0.3, -0.25) is 9.59 Å². The Bertz CT molecular complexity index is 593. The molecule has 0 radical (unpaired) electrons. The Morgan fingerprint density at radius 2 is 1.85 bits per heavy atom. The molecule has 0 bridgehead atoms. The second-order valence-corrected chi connectivity index (χ2v) is 9.64. The SMILES string of the molecule is C[C@H]1CC(=O)[C@]23CCCN(C(=O)OC(C)(C)C)CCC[C@@H]2C(=O)C[C@@H]3C1. The minimum atomic E-state index is -0.513. The van der Waals surface area contributed by atoms with E-state index < -0.39 is 11.0 Å². The normalized spacial score (nSPS) is 35.8. The van der Waals surface area contributed by atoms with Crippen LogP contribution >= 0.6 is 0 Å². The Kier molecular flexibility index (Phi) is 5.19. The minimum absolute atomic E-state index is 0.133. The standard InChI is InChI=1S/C21H33NO4/c1-14-11-15-13-17(23)16-7-5-9-22(19(25)26-20(2,3)4)10-6-8-21(15,16)18(24)12-14/h14-16H,5-13H2,1-4H3/t14-,15+,16-,21+/m1/s1. The van der Waals surface area contributed by atoms with Gasteiger partial charge in [0.25, 0.3) is 0 Å². The number of ketones is 2. The highest BCUT2D eigenvalue weighted by Crippen LogP contribution is 2.57. The second-order valence-electron chi connectivity index (χ2n) is 9.64. The molecule has 2 saturated carbocycles. The molecule has 4 atom stereocenters. The first-order valence-electron chi connectivity index (χ1n) is 10.2. The first kappa shape index (κ1) is 19.4. The smallest absolute Gasteiger partial charge is 0.410 e. The van der Waals surface area contributed by atoms with E-state index in [1.54, 1.807) is 4.90 Å². The van der Waals surface area contributed by atoms with Crippen molar-refractivity contribution in [1.82, 2.24) is 4.90 Å². The predicted molar refractivity (Wildman–Crippen MR) is 98.7 cm³/mol. The number of hydrogen-bond donors (Lipinski definition) is 0. The molecule has 1 aliphatic heterocycles. The van der Waals surface area contributed by atoms with Gasteiger partial charge in [-0.05, 0) is 64.7 Å². The molecule has 0 aromatic carbocycles. The maximum atomic E-state index is 13.1. The molecule has 1 amide bonds. The van der Waals surface area contributed by atoms with Crippen molar-refractivity contribution >= 4 is 17.7 Å². The number of carbonyl (C=O) groups excluding carboxylic acids is 3. The summed E-state index contributed by atoms with van der Waals surface area (Å²) in [6, 6.07) is 0. The van der Waals surface area contributed by atoms with Gasteiger partial charge in [-0.25, -0.2) is 4.79 Å². The van der Waals surface area contributed by atoms with Gasteiger partial charge in [0.05, 0.1) is 0 Å². The highest BCUT2D eigenvalue weighted by atomic mass is 16.6. The summed E-state index contributed by atoms with van der Waals surface area (Å²) >= 11 is 0. The zero-order valence-electron chi connectivity index (χ0n) is 16.7. The molecule has 5 nitrogen and oxygen atoms in total. The first-order chi connectivity index (χ1) is 12.1. The lowest BCUT2D eigenvalue weighted by atomic mass is 9.58. The van der Waals surface area contributed by atoms with Crippen LogP contribution in [0, 0.1) is 23.2 Å². The highest BCUT2D eigenvalue weighted by molar-refractivity contribution is 5.97. The molecule has 1 saturated heterocycles. The van der Waals surface area contributed by atoms with Crippen LogP contribution in [-0.4, -0.2) is 41.3 Å². The molecule has 1 heterocycles. The maximum absolute atomic E-state index is 13.1. The zero-order chi connectivity index (χ0) is 19.1. The number of hydrogen-bond acceptors (Lipinski definition) is 4. The molecule has 146 valence electrons. The van der Waals surface area contributed by atoms with Crippen molar-refractivity contribution in [2.45, 2.75) is 78.2 Å². The second kappa shape index (κ2) is 6.97. The van der Waals surface area contributed by atoms with Crippen LogP contribution in [0.15, 0.2) is 0 Å². The van der Waals surface area contributed by atoms with Crippen LogP contribution in [0.25, 0.3) is 0 Å². The Hall–Kier alpha value is -1.39. The van der Waals surface area contributed by atoms with Crippen molar-refractivity contribution in [3.8, 4) is 0 Å². The van der Waals surface area contributed by atoms with Gasteiger partial charge in [-0.2, -0.15) is 0 Å². The molecule has 0 aromatic heterocycles. The number of ether oxygens (including phenoxy) is 1. The molecule has 0 aromatic rings. The van der Waals surface area contributed by atoms with Crippen molar-refractivity contribution in [2.75, 3.05) is 13.1 Å². The molecule has 2 aliphatic carbocycles. The van der Waals surface area contributed by atoms with Gasteiger partial charge in [0.2, 0.25) is 0 Å². The lowest BCUT2D eigenvalue weighted by molar-refractivity contribution is -0.142. The average Bonchev–Trinajstić information content (AvgIpc) is 2.81. The van der Waals surface area contributed by atoms with Gasteiger partial charge < -0.3 is 9.64 Å². The topological polar surface area (TPSA) is 63.7 Å². The molecule has 5 heteroatoms. The van der Waals surface area contributed by atoms with E-state index in [0.29, 0.717) is 37.6 Å². The predicted octanol–water partition coefficient (Wildman–Crippen LogP) is 3.99. The summed E-state index contributed by atoms with van der Waals surface area (Å²) in [4.78, 5) is 40.1. The zero-order valence-corrected chi connectivity index (χ0v) is 16.7. The summed E-state index contributed by atoms with van der Waals surface area (Å²) in [7, 11) is 0. The van der Waals surface area contributed by atoms with E-state index in [2.05, 4.69) is 6.92 Å². The van der Waals surface area contributed by atoms with Crippen LogP contribution < -0.4 is 0 Å². The molecular weight excluding hydrogens is 330 g/mol. The third-order valence-electron chi connectivity index (χ3n) is 6.52. The van der Waals surface area contributed by atoms with Crippen molar-refractivity contribution in [3.05, 3.63) is 0 Å². The van der Waals surface area contributed by atoms with Gasteiger partial charge in [0.1, 0.15) is 17.2 Å². The summed E-state index contributed by atoms with van der Waals surface area (Å²) < 4.78 is 5.52. The Labute approximate surface area is 156 Å². The number of Topliss-reactive ketones (excluding diaryl/α,β-unsaturated/α-hetero) is 2. The lowest BCUT2D eigenvalue weighted by Gasteiger charge is -2.43. The van der Waals surface area contributed by atoms with Crippen LogP contribution in [-0.2, 0) is 14.3 Å². The lowest BCUT2D eigenvalue weighted by Crippen LogP contribution is -2.46. The Morgan fingerprint density at radius 3 is 2.54 bits per heavy atom. The Balaban J connectivity index is 1.78. The summed E-state index contributed by atoms with van der Waals surface area (Å²) in [5.41, 5.74) is -0.964. The van der Waals surface area contributed by atoms with Crippen LogP contribution in [0.2, 0.25) is 0 Å². The van der Waals surface area contributed by atoms with Crippen molar-refractivity contribution in [2.24, 2.45) is 23.2 Å². The fraction of sp³-hybridized carbons (Fsp3) is 0.857. The van der Waals surface area contributed by atoms with Crippen LogP contribution in [0.1, 0.15) is 72.6 Å². The third kappa shape index (κ3) is 3.54. The van der Waals surface area contributed by atoms with Crippen LogP contribution in [0.4, 0.5) is 4.79 Å². The molecule has 3 fully saturated rings. The van der Waals surface area contributed by atoms with E-state index >= 15 is 0 Å². The number of amides is 1. The van der Waals surface area contributed by atoms with Crippen LogP contribution in [0.3, 0.4) is 0 Å². The van der Waals surface area contributed by atoms with Gasteiger partial charge in [0.15, 0.2) is 0 Å². The van der Waals surface area contributed by atoms with E-state index in [-0.39, 0.29) is 23.7 Å². The largest absolute Gasteiger partial charge is 0.444 e. The van der Waals surface area contributed by atoms with Gasteiger partial charge in [0, 0.05) is 37.3 Å². The molecule has 3 rings (SSSR count). The molecule has 26 heavy (non-hydrogen) atoms. The number of nitrogens with zero attached hydrogens (tertiary/aromatic N) is 1. The molecule has 1 spiro atoms. The monoisotopic (exact) mass is 363 g/mol. The third-order valence-corrected chi connectivity index (χ3v) is 6.52. The number of rotatable bonds is 0. The fourth-order valence-electron chi connectivity index (χ4n) is 5.54. The van der Waals surface area contributed by atoms with Gasteiger partial charge >= 0.3 is 6.09 Å². The van der Waals surface area contributed by atoms with Crippen LogP contribution in [0.5, 0.6) is 0 Å². The van der Waals surface area contributed by atoms with E-state index in [9.17, 15) is 14.4 Å². The fourth-order valence-corrected chi connectivity index (χ4v) is 5.54. The van der Waals surface area contributed by atoms with Gasteiger partial charge in [-0.15, -0.1) is 0 Å². The maximum Gasteiger partial charge on any atom is 0.410 e. The molecule has 0 unspecified atom stereocenters. The Morgan fingerprint density at radius 1 is 1.15 bits per heavy atom. The summed E-state index contributed by atoms with van der Waals surface area (Å²) in [6.45, 7) is 8.94.